The van der Waals surface area contributed by atoms with E-state index in [1.54, 1.807) is 4.52 Å². The van der Waals surface area contributed by atoms with Crippen LogP contribution in [0.4, 0.5) is 5.82 Å². The topological polar surface area (TPSA) is 46.3 Å². The first-order valence-electron chi connectivity index (χ1n) is 7.49. The van der Waals surface area contributed by atoms with Gasteiger partial charge in [0.2, 0.25) is 5.28 Å². The molecular formula is C16H16ClN5. The Morgan fingerprint density at radius 3 is 2.50 bits per heavy atom. The maximum atomic E-state index is 6.00. The highest BCUT2D eigenvalue weighted by atomic mass is 35.5. The van der Waals surface area contributed by atoms with Gasteiger partial charge in [-0.2, -0.15) is 4.52 Å². The summed E-state index contributed by atoms with van der Waals surface area (Å²) in [4.78, 5) is 2.30. The average molecular weight is 314 g/mol. The van der Waals surface area contributed by atoms with Gasteiger partial charge in [0.1, 0.15) is 5.82 Å². The van der Waals surface area contributed by atoms with Crippen molar-refractivity contribution < 1.29 is 0 Å². The van der Waals surface area contributed by atoms with Crippen molar-refractivity contribution in [1.29, 1.82) is 0 Å². The van der Waals surface area contributed by atoms with Crippen LogP contribution in [-0.2, 0) is 0 Å². The van der Waals surface area contributed by atoms with Gasteiger partial charge < -0.3 is 4.90 Å². The van der Waals surface area contributed by atoms with Crippen LogP contribution in [0.3, 0.4) is 0 Å². The second kappa shape index (κ2) is 5.57. The molecule has 6 heteroatoms. The molecule has 3 heterocycles. The molecule has 112 valence electrons. The SMILES string of the molecule is Clc1nnc2ccc(N3CCC(c4ccccc4)CC3)nn12. The first-order chi connectivity index (χ1) is 10.8. The number of halogens is 1. The lowest BCUT2D eigenvalue weighted by atomic mass is 9.89. The molecular weight excluding hydrogens is 298 g/mol. The van der Waals surface area contributed by atoms with Gasteiger partial charge in [-0.1, -0.05) is 30.3 Å². The van der Waals surface area contributed by atoms with E-state index in [-0.39, 0.29) is 0 Å². The van der Waals surface area contributed by atoms with Crippen molar-refractivity contribution in [2.45, 2.75) is 18.8 Å². The number of hydrogen-bond acceptors (Lipinski definition) is 4. The molecule has 0 spiro atoms. The number of rotatable bonds is 2. The van der Waals surface area contributed by atoms with Gasteiger partial charge in [0.25, 0.3) is 0 Å². The highest BCUT2D eigenvalue weighted by molar-refractivity contribution is 6.28. The fourth-order valence-electron chi connectivity index (χ4n) is 3.09. The Morgan fingerprint density at radius 2 is 1.73 bits per heavy atom. The number of nitrogens with zero attached hydrogens (tertiary/aromatic N) is 5. The van der Waals surface area contributed by atoms with E-state index in [9.17, 15) is 0 Å². The molecule has 0 saturated carbocycles. The summed E-state index contributed by atoms with van der Waals surface area (Å²) in [6.07, 6.45) is 2.28. The van der Waals surface area contributed by atoms with E-state index in [0.717, 1.165) is 31.7 Å². The summed E-state index contributed by atoms with van der Waals surface area (Å²) in [7, 11) is 0. The molecule has 5 nitrogen and oxygen atoms in total. The lowest BCUT2D eigenvalue weighted by Gasteiger charge is -2.32. The van der Waals surface area contributed by atoms with Gasteiger partial charge in [-0.25, -0.2) is 0 Å². The Hall–Kier alpha value is -2.14. The molecule has 4 rings (SSSR count). The predicted molar refractivity (Wildman–Crippen MR) is 86.4 cm³/mol. The lowest BCUT2D eigenvalue weighted by molar-refractivity contribution is 0.501. The average Bonchev–Trinajstić information content (AvgIpc) is 2.96. The van der Waals surface area contributed by atoms with Crippen molar-refractivity contribution in [2.75, 3.05) is 18.0 Å². The zero-order valence-corrected chi connectivity index (χ0v) is 12.8. The molecule has 1 fully saturated rings. The second-order valence-electron chi connectivity index (χ2n) is 5.60. The Morgan fingerprint density at radius 1 is 0.955 bits per heavy atom. The van der Waals surface area contributed by atoms with E-state index in [1.165, 1.54) is 5.56 Å². The lowest BCUT2D eigenvalue weighted by Crippen LogP contribution is -2.33. The Bertz CT molecular complexity index is 778. The molecule has 0 unspecified atom stereocenters. The van der Waals surface area contributed by atoms with Crippen molar-refractivity contribution in [1.82, 2.24) is 19.8 Å². The van der Waals surface area contributed by atoms with E-state index in [1.807, 2.05) is 12.1 Å². The third-order valence-corrected chi connectivity index (χ3v) is 4.54. The number of aromatic nitrogens is 4. The molecule has 0 amide bonds. The van der Waals surface area contributed by atoms with E-state index in [4.69, 9.17) is 11.6 Å². The summed E-state index contributed by atoms with van der Waals surface area (Å²) in [6, 6.07) is 14.6. The number of anilines is 1. The molecule has 1 aliphatic rings. The summed E-state index contributed by atoms with van der Waals surface area (Å²) in [5.74, 6) is 1.57. The van der Waals surface area contributed by atoms with Crippen LogP contribution in [0.1, 0.15) is 24.3 Å². The van der Waals surface area contributed by atoms with Crippen LogP contribution in [0.15, 0.2) is 42.5 Å². The van der Waals surface area contributed by atoms with Crippen LogP contribution in [0.25, 0.3) is 5.65 Å². The molecule has 2 aromatic heterocycles. The molecule has 0 bridgehead atoms. The van der Waals surface area contributed by atoms with E-state index in [2.05, 4.69) is 50.5 Å². The van der Waals surface area contributed by atoms with Crippen molar-refractivity contribution in [3.63, 3.8) is 0 Å². The molecule has 3 aromatic rings. The quantitative estimate of drug-likeness (QED) is 0.729. The third-order valence-electron chi connectivity index (χ3n) is 4.30. The van der Waals surface area contributed by atoms with E-state index in [0.29, 0.717) is 16.8 Å². The van der Waals surface area contributed by atoms with Crippen LogP contribution >= 0.6 is 11.6 Å². The highest BCUT2D eigenvalue weighted by Crippen LogP contribution is 2.29. The van der Waals surface area contributed by atoms with Gasteiger partial charge in [-0.3, -0.25) is 0 Å². The number of hydrogen-bond donors (Lipinski definition) is 0. The molecule has 0 aliphatic carbocycles. The molecule has 1 aromatic carbocycles. The summed E-state index contributed by atoms with van der Waals surface area (Å²) in [5, 5.41) is 12.6. The maximum absolute atomic E-state index is 6.00. The number of benzene rings is 1. The molecule has 0 atom stereocenters. The zero-order chi connectivity index (χ0) is 14.9. The van der Waals surface area contributed by atoms with Crippen molar-refractivity contribution in [3.8, 4) is 0 Å². The van der Waals surface area contributed by atoms with Gasteiger partial charge in [0.05, 0.1) is 0 Å². The fraction of sp³-hybridized carbons (Fsp3) is 0.312. The summed E-state index contributed by atoms with van der Waals surface area (Å²) >= 11 is 6.00. The standard InChI is InChI=1S/C16H16ClN5/c17-16-19-18-14-6-7-15(20-22(14)16)21-10-8-13(9-11-21)12-4-2-1-3-5-12/h1-7,13H,8-11H2. The van der Waals surface area contributed by atoms with Crippen molar-refractivity contribution in [2.24, 2.45) is 0 Å². The Kier molecular flexibility index (Phi) is 3.42. The monoisotopic (exact) mass is 313 g/mol. The van der Waals surface area contributed by atoms with Gasteiger partial charge >= 0.3 is 0 Å². The van der Waals surface area contributed by atoms with Crippen LogP contribution in [0, 0.1) is 0 Å². The molecule has 22 heavy (non-hydrogen) atoms. The fourth-order valence-corrected chi connectivity index (χ4v) is 3.25. The van der Waals surface area contributed by atoms with Crippen LogP contribution in [-0.4, -0.2) is 32.9 Å². The first-order valence-corrected chi connectivity index (χ1v) is 7.87. The molecule has 1 saturated heterocycles. The third kappa shape index (κ3) is 2.41. The largest absolute Gasteiger partial charge is 0.355 e. The van der Waals surface area contributed by atoms with Gasteiger partial charge in [-0.05, 0) is 48.1 Å². The van der Waals surface area contributed by atoms with Crippen LogP contribution in [0.5, 0.6) is 0 Å². The summed E-state index contributed by atoms with van der Waals surface area (Å²) in [6.45, 7) is 2.00. The highest BCUT2D eigenvalue weighted by Gasteiger charge is 2.21. The van der Waals surface area contributed by atoms with Gasteiger partial charge in [0.15, 0.2) is 5.65 Å². The Labute approximate surface area is 133 Å². The van der Waals surface area contributed by atoms with Crippen LogP contribution in [0.2, 0.25) is 5.28 Å². The first kappa shape index (κ1) is 13.5. The smallest absolute Gasteiger partial charge is 0.246 e. The summed E-state index contributed by atoms with van der Waals surface area (Å²) in [5.41, 5.74) is 2.11. The summed E-state index contributed by atoms with van der Waals surface area (Å²) < 4.78 is 1.58. The normalized spacial score (nSPS) is 16.3. The maximum Gasteiger partial charge on any atom is 0.246 e. The minimum Gasteiger partial charge on any atom is -0.355 e. The van der Waals surface area contributed by atoms with E-state index >= 15 is 0 Å². The van der Waals surface area contributed by atoms with Crippen molar-refractivity contribution >= 4 is 23.1 Å². The van der Waals surface area contributed by atoms with Gasteiger partial charge in [0, 0.05) is 13.1 Å². The minimum absolute atomic E-state index is 0.302. The van der Waals surface area contributed by atoms with Crippen molar-refractivity contribution in [3.05, 3.63) is 53.3 Å². The minimum atomic E-state index is 0.302. The predicted octanol–water partition coefficient (Wildman–Crippen LogP) is 3.16. The second-order valence-corrected chi connectivity index (χ2v) is 5.94. The molecule has 1 aliphatic heterocycles. The molecule has 0 radical (unpaired) electrons. The molecule has 0 N–H and O–H groups in total. The zero-order valence-electron chi connectivity index (χ0n) is 12.1. The Balaban J connectivity index is 1.51. The number of piperidine rings is 1. The van der Waals surface area contributed by atoms with Crippen LogP contribution < -0.4 is 4.90 Å². The van der Waals surface area contributed by atoms with E-state index < -0.39 is 0 Å². The van der Waals surface area contributed by atoms with Gasteiger partial charge in [-0.15, -0.1) is 15.3 Å². The number of fused-ring (bicyclic) bond motifs is 1.